The second kappa shape index (κ2) is 4.93. The second-order valence-corrected chi connectivity index (χ2v) is 7.17. The minimum Gasteiger partial charge on any atom is -0.353 e. The van der Waals surface area contributed by atoms with Gasteiger partial charge in [0.1, 0.15) is 6.04 Å². The first-order valence-electron chi connectivity index (χ1n) is 5.98. The Bertz CT molecular complexity index is 463. The minimum atomic E-state index is -4.48. The first-order valence-corrected chi connectivity index (χ1v) is 7.81. The van der Waals surface area contributed by atoms with Gasteiger partial charge < -0.3 is 5.32 Å². The average Bonchev–Trinajstić information content (AvgIpc) is 2.25. The molecule has 19 heavy (non-hydrogen) atoms. The van der Waals surface area contributed by atoms with Crippen LogP contribution >= 0.6 is 0 Å². The van der Waals surface area contributed by atoms with Crippen LogP contribution in [0, 0.1) is 0 Å². The van der Waals surface area contributed by atoms with Crippen molar-refractivity contribution in [3.05, 3.63) is 0 Å². The van der Waals surface area contributed by atoms with Gasteiger partial charge in [-0.25, -0.2) is 8.42 Å². The van der Waals surface area contributed by atoms with Crippen LogP contribution in [-0.4, -0.2) is 62.1 Å². The largest absolute Gasteiger partial charge is 0.405 e. The zero-order valence-corrected chi connectivity index (χ0v) is 10.9. The van der Waals surface area contributed by atoms with E-state index in [9.17, 15) is 26.4 Å². The van der Waals surface area contributed by atoms with Gasteiger partial charge in [0, 0.05) is 12.6 Å². The van der Waals surface area contributed by atoms with E-state index in [1.165, 1.54) is 0 Å². The molecule has 1 amide bonds. The molecule has 2 rings (SSSR count). The van der Waals surface area contributed by atoms with Gasteiger partial charge in [-0.15, -0.1) is 0 Å². The van der Waals surface area contributed by atoms with E-state index < -0.39 is 47.1 Å². The molecular weight excluding hydrogens is 285 g/mol. The Morgan fingerprint density at radius 1 is 1.32 bits per heavy atom. The van der Waals surface area contributed by atoms with E-state index in [4.69, 9.17) is 0 Å². The van der Waals surface area contributed by atoms with Gasteiger partial charge in [-0.1, -0.05) is 0 Å². The van der Waals surface area contributed by atoms with Crippen LogP contribution in [0.1, 0.15) is 12.8 Å². The molecule has 2 aliphatic rings. The molecule has 9 heteroatoms. The molecule has 0 radical (unpaired) electrons. The maximum absolute atomic E-state index is 12.9. The van der Waals surface area contributed by atoms with Gasteiger partial charge in [-0.3, -0.25) is 9.69 Å². The SMILES string of the molecule is O=C1CN(C2CCCS(=O)(=O)C2)C(C(F)(F)F)CN1. The zero-order chi connectivity index (χ0) is 14.3. The van der Waals surface area contributed by atoms with Crippen LogP contribution in [0.3, 0.4) is 0 Å². The quantitative estimate of drug-likeness (QED) is 0.736. The number of carbonyl (C=O) groups is 1. The number of nitrogens with one attached hydrogen (secondary N) is 1. The van der Waals surface area contributed by atoms with E-state index in [-0.39, 0.29) is 11.5 Å². The van der Waals surface area contributed by atoms with Crippen molar-refractivity contribution in [2.24, 2.45) is 0 Å². The summed E-state index contributed by atoms with van der Waals surface area (Å²) in [5, 5.41) is 2.18. The Hall–Kier alpha value is -0.830. The van der Waals surface area contributed by atoms with Crippen LogP contribution in [0.2, 0.25) is 0 Å². The molecule has 0 aromatic carbocycles. The number of halogens is 3. The summed E-state index contributed by atoms with van der Waals surface area (Å²) in [6.45, 7) is -0.913. The lowest BCUT2D eigenvalue weighted by atomic mass is 10.1. The van der Waals surface area contributed by atoms with Crippen LogP contribution in [0.5, 0.6) is 0 Å². The Balaban J connectivity index is 2.20. The first-order chi connectivity index (χ1) is 8.69. The number of carbonyl (C=O) groups excluding carboxylic acids is 1. The lowest BCUT2D eigenvalue weighted by Crippen LogP contribution is -2.64. The molecule has 0 aromatic rings. The van der Waals surface area contributed by atoms with Crippen molar-refractivity contribution in [2.75, 3.05) is 24.6 Å². The van der Waals surface area contributed by atoms with Crippen LogP contribution in [0.15, 0.2) is 0 Å². The fourth-order valence-corrected chi connectivity index (χ4v) is 4.32. The highest BCUT2D eigenvalue weighted by Crippen LogP contribution is 2.30. The molecule has 0 bridgehead atoms. The van der Waals surface area contributed by atoms with E-state index in [0.717, 1.165) is 4.90 Å². The minimum absolute atomic E-state index is 0.0141. The van der Waals surface area contributed by atoms with Gasteiger partial charge >= 0.3 is 6.18 Å². The van der Waals surface area contributed by atoms with Crippen molar-refractivity contribution in [1.29, 1.82) is 0 Å². The van der Waals surface area contributed by atoms with Crippen LogP contribution < -0.4 is 5.32 Å². The van der Waals surface area contributed by atoms with Crippen molar-refractivity contribution in [3.63, 3.8) is 0 Å². The predicted molar refractivity (Wildman–Crippen MR) is 61.2 cm³/mol. The van der Waals surface area contributed by atoms with Crippen molar-refractivity contribution in [2.45, 2.75) is 31.1 Å². The standard InChI is InChI=1S/C10H15F3N2O3S/c11-10(12,13)8-4-14-9(16)5-15(8)7-2-1-3-19(17,18)6-7/h7-8H,1-6H2,(H,14,16). The molecule has 0 saturated carbocycles. The molecule has 2 saturated heterocycles. The molecular formula is C10H15F3N2O3S. The van der Waals surface area contributed by atoms with Gasteiger partial charge in [-0.2, -0.15) is 13.2 Å². The normalized spacial score (nSPS) is 32.9. The molecule has 0 aromatic heterocycles. The molecule has 110 valence electrons. The summed E-state index contributed by atoms with van der Waals surface area (Å²) >= 11 is 0. The Morgan fingerprint density at radius 3 is 2.58 bits per heavy atom. The molecule has 0 aliphatic carbocycles. The van der Waals surface area contributed by atoms with E-state index in [0.29, 0.717) is 12.8 Å². The third-order valence-corrected chi connectivity index (χ3v) is 5.31. The summed E-state index contributed by atoms with van der Waals surface area (Å²) < 4.78 is 61.8. The van der Waals surface area contributed by atoms with Crippen LogP contribution in [0.4, 0.5) is 13.2 Å². The van der Waals surface area contributed by atoms with Gasteiger partial charge in [0.2, 0.25) is 5.91 Å². The van der Waals surface area contributed by atoms with Gasteiger partial charge in [0.05, 0.1) is 18.1 Å². The number of sulfone groups is 1. The first kappa shape index (κ1) is 14.6. The van der Waals surface area contributed by atoms with Crippen LogP contribution in [-0.2, 0) is 14.6 Å². The average molecular weight is 300 g/mol. The zero-order valence-electron chi connectivity index (χ0n) is 10.1. The molecule has 0 spiro atoms. The molecule has 2 heterocycles. The highest BCUT2D eigenvalue weighted by Gasteiger charge is 2.49. The smallest absolute Gasteiger partial charge is 0.353 e. The number of piperazine rings is 1. The summed E-state index contributed by atoms with van der Waals surface area (Å²) in [5.41, 5.74) is 0. The number of amides is 1. The predicted octanol–water partition coefficient (Wildman–Crippen LogP) is -0.0737. The number of nitrogens with zero attached hydrogens (tertiary/aromatic N) is 1. The monoisotopic (exact) mass is 300 g/mol. The van der Waals surface area contributed by atoms with Crippen molar-refractivity contribution < 1.29 is 26.4 Å². The Labute approximate surface area is 109 Å². The number of rotatable bonds is 1. The van der Waals surface area contributed by atoms with Gasteiger partial charge in [0.25, 0.3) is 0 Å². The summed E-state index contributed by atoms with van der Waals surface area (Å²) in [6.07, 6.45) is -3.76. The summed E-state index contributed by atoms with van der Waals surface area (Å²) in [7, 11) is -3.31. The van der Waals surface area contributed by atoms with Gasteiger partial charge in [0.15, 0.2) is 9.84 Å². The lowest BCUT2D eigenvalue weighted by Gasteiger charge is -2.42. The van der Waals surface area contributed by atoms with Crippen molar-refractivity contribution in [1.82, 2.24) is 10.2 Å². The Kier molecular flexibility index (Phi) is 3.78. The fourth-order valence-electron chi connectivity index (χ4n) is 2.61. The van der Waals surface area contributed by atoms with Crippen molar-refractivity contribution in [3.8, 4) is 0 Å². The molecule has 2 fully saturated rings. The van der Waals surface area contributed by atoms with E-state index in [1.807, 2.05) is 0 Å². The number of alkyl halides is 3. The Morgan fingerprint density at radius 2 is 2.00 bits per heavy atom. The summed E-state index contributed by atoms with van der Waals surface area (Å²) in [5.74, 6) is -0.781. The number of hydrogen-bond donors (Lipinski definition) is 1. The number of hydrogen-bond acceptors (Lipinski definition) is 4. The van der Waals surface area contributed by atoms with E-state index >= 15 is 0 Å². The molecule has 2 atom stereocenters. The fraction of sp³-hybridized carbons (Fsp3) is 0.900. The van der Waals surface area contributed by atoms with Crippen molar-refractivity contribution >= 4 is 15.7 Å². The third-order valence-electron chi connectivity index (χ3n) is 3.50. The molecule has 5 nitrogen and oxygen atoms in total. The maximum atomic E-state index is 12.9. The maximum Gasteiger partial charge on any atom is 0.405 e. The molecule has 2 aliphatic heterocycles. The third kappa shape index (κ3) is 3.38. The second-order valence-electron chi connectivity index (χ2n) is 4.94. The lowest BCUT2D eigenvalue weighted by molar-refractivity contribution is -0.194. The summed E-state index contributed by atoms with van der Waals surface area (Å²) in [4.78, 5) is 12.3. The highest BCUT2D eigenvalue weighted by atomic mass is 32.2. The topological polar surface area (TPSA) is 66.5 Å². The van der Waals surface area contributed by atoms with Crippen LogP contribution in [0.25, 0.3) is 0 Å². The van der Waals surface area contributed by atoms with E-state index in [2.05, 4.69) is 5.32 Å². The summed E-state index contributed by atoms with van der Waals surface area (Å²) in [6, 6.07) is -2.53. The van der Waals surface area contributed by atoms with E-state index in [1.54, 1.807) is 0 Å². The van der Waals surface area contributed by atoms with Gasteiger partial charge in [-0.05, 0) is 12.8 Å². The highest BCUT2D eigenvalue weighted by molar-refractivity contribution is 7.91. The molecule has 1 N–H and O–H groups in total. The molecule has 2 unspecified atom stereocenters.